The van der Waals surface area contributed by atoms with Crippen LogP contribution in [0.5, 0.6) is 11.5 Å². The number of carbonyl (C=O) groups excluding carboxylic acids is 2. The number of carbonyl (C=O) groups is 2. The van der Waals surface area contributed by atoms with Crippen molar-refractivity contribution in [2.45, 2.75) is 24.8 Å². The summed E-state index contributed by atoms with van der Waals surface area (Å²) in [6, 6.07) is 15.1. The van der Waals surface area contributed by atoms with Crippen molar-refractivity contribution in [1.29, 1.82) is 0 Å². The second kappa shape index (κ2) is 9.69. The molecule has 2 aromatic rings. The van der Waals surface area contributed by atoms with E-state index in [9.17, 15) is 9.59 Å². The molecular formula is C22H26N2O4S. The first kappa shape index (κ1) is 21.0. The van der Waals surface area contributed by atoms with Crippen LogP contribution in [-0.2, 0) is 16.0 Å². The van der Waals surface area contributed by atoms with Crippen LogP contribution in [0.3, 0.4) is 0 Å². The third-order valence-corrected chi connectivity index (χ3v) is 6.24. The lowest BCUT2D eigenvalue weighted by atomic mass is 10.1. The Morgan fingerprint density at radius 2 is 1.83 bits per heavy atom. The lowest BCUT2D eigenvalue weighted by Crippen LogP contribution is -2.47. The minimum absolute atomic E-state index is 0.119. The lowest BCUT2D eigenvalue weighted by Gasteiger charge is -2.28. The van der Waals surface area contributed by atoms with E-state index in [1.165, 1.54) is 12.5 Å². The molecule has 0 aromatic heterocycles. The Bertz CT molecular complexity index is 859. The zero-order valence-corrected chi connectivity index (χ0v) is 17.7. The van der Waals surface area contributed by atoms with Gasteiger partial charge in [-0.15, -0.1) is 11.8 Å². The Labute approximate surface area is 175 Å². The molecule has 1 fully saturated rings. The molecule has 29 heavy (non-hydrogen) atoms. The van der Waals surface area contributed by atoms with Crippen LogP contribution in [0.4, 0.5) is 0 Å². The summed E-state index contributed by atoms with van der Waals surface area (Å²) < 4.78 is 10.7. The van der Waals surface area contributed by atoms with Crippen LogP contribution in [-0.4, -0.2) is 49.3 Å². The fourth-order valence-electron chi connectivity index (χ4n) is 3.45. The highest BCUT2D eigenvalue weighted by Crippen LogP contribution is 2.43. The molecule has 1 heterocycles. The lowest BCUT2D eigenvalue weighted by molar-refractivity contribution is -0.138. The molecule has 0 bridgehead atoms. The summed E-state index contributed by atoms with van der Waals surface area (Å²) in [5.74, 6) is 1.54. The van der Waals surface area contributed by atoms with Crippen LogP contribution >= 0.6 is 11.8 Å². The van der Waals surface area contributed by atoms with E-state index in [1.54, 1.807) is 30.9 Å². The predicted molar refractivity (Wildman–Crippen MR) is 114 cm³/mol. The van der Waals surface area contributed by atoms with Gasteiger partial charge in [-0.3, -0.25) is 9.59 Å². The predicted octanol–water partition coefficient (Wildman–Crippen LogP) is 3.03. The van der Waals surface area contributed by atoms with Gasteiger partial charge in [-0.2, -0.15) is 0 Å². The van der Waals surface area contributed by atoms with Crippen molar-refractivity contribution in [2.24, 2.45) is 0 Å². The molecule has 7 heteroatoms. The molecule has 3 rings (SSSR count). The summed E-state index contributed by atoms with van der Waals surface area (Å²) in [5.41, 5.74) is 2.07. The summed E-state index contributed by atoms with van der Waals surface area (Å²) in [6.07, 6.45) is 0.756. The van der Waals surface area contributed by atoms with Crippen LogP contribution in [0.25, 0.3) is 0 Å². The van der Waals surface area contributed by atoms with E-state index < -0.39 is 6.04 Å². The van der Waals surface area contributed by atoms with Gasteiger partial charge in [-0.25, -0.2) is 0 Å². The standard InChI is InChI=1S/C22H26N2O4S/c1-15(25)24-18(21(26)23-12-11-16-7-5-4-6-8-16)14-29-22(24)17-9-10-19(27-2)20(13-17)28-3/h4-10,13,18,22H,11-12,14H2,1-3H3,(H,23,26)/t18-,22-/m0/s1. The molecule has 1 aliphatic rings. The number of nitrogens with one attached hydrogen (secondary N) is 1. The Morgan fingerprint density at radius 1 is 1.10 bits per heavy atom. The van der Waals surface area contributed by atoms with Gasteiger partial charge >= 0.3 is 0 Å². The first-order valence-electron chi connectivity index (χ1n) is 9.49. The molecular weight excluding hydrogens is 388 g/mol. The minimum atomic E-state index is -0.494. The molecule has 0 spiro atoms. The Hall–Kier alpha value is -2.67. The van der Waals surface area contributed by atoms with E-state index in [0.717, 1.165) is 12.0 Å². The number of ether oxygens (including phenoxy) is 2. The third kappa shape index (κ3) is 4.85. The van der Waals surface area contributed by atoms with Crippen molar-refractivity contribution in [1.82, 2.24) is 10.2 Å². The largest absolute Gasteiger partial charge is 0.493 e. The summed E-state index contributed by atoms with van der Waals surface area (Å²) >= 11 is 1.58. The SMILES string of the molecule is COc1ccc([C@@H]2SC[C@@H](C(=O)NCCc3ccccc3)N2C(C)=O)cc1OC. The number of benzene rings is 2. The average Bonchev–Trinajstić information content (AvgIpc) is 3.19. The second-order valence-electron chi connectivity index (χ2n) is 6.77. The molecule has 0 aliphatic carbocycles. The van der Waals surface area contributed by atoms with Gasteiger partial charge in [0.05, 0.1) is 14.2 Å². The molecule has 6 nitrogen and oxygen atoms in total. The van der Waals surface area contributed by atoms with Gasteiger partial charge in [0.1, 0.15) is 11.4 Å². The molecule has 0 saturated carbocycles. The monoisotopic (exact) mass is 414 g/mol. The summed E-state index contributed by atoms with van der Waals surface area (Å²) in [4.78, 5) is 26.8. The first-order valence-corrected chi connectivity index (χ1v) is 10.5. The Morgan fingerprint density at radius 3 is 2.48 bits per heavy atom. The number of amides is 2. The number of methoxy groups -OCH3 is 2. The second-order valence-corrected chi connectivity index (χ2v) is 7.88. The molecule has 1 saturated heterocycles. The quantitative estimate of drug-likeness (QED) is 0.754. The van der Waals surface area contributed by atoms with Crippen molar-refractivity contribution in [2.75, 3.05) is 26.5 Å². The zero-order chi connectivity index (χ0) is 20.8. The van der Waals surface area contributed by atoms with Crippen molar-refractivity contribution < 1.29 is 19.1 Å². The maximum atomic E-state index is 12.8. The fourth-order valence-corrected chi connectivity index (χ4v) is 4.92. The molecule has 154 valence electrons. The van der Waals surface area contributed by atoms with E-state index in [2.05, 4.69) is 5.32 Å². The summed E-state index contributed by atoms with van der Waals surface area (Å²) in [7, 11) is 3.16. The van der Waals surface area contributed by atoms with Gasteiger partial charge < -0.3 is 19.7 Å². The van der Waals surface area contributed by atoms with Crippen molar-refractivity contribution in [3.05, 3.63) is 59.7 Å². The minimum Gasteiger partial charge on any atom is -0.493 e. The van der Waals surface area contributed by atoms with Crippen molar-refractivity contribution in [3.8, 4) is 11.5 Å². The highest BCUT2D eigenvalue weighted by Gasteiger charge is 2.41. The number of nitrogens with zero attached hydrogens (tertiary/aromatic N) is 1. The van der Waals surface area contributed by atoms with Gasteiger partial charge in [-0.05, 0) is 29.7 Å². The van der Waals surface area contributed by atoms with E-state index in [0.29, 0.717) is 23.8 Å². The van der Waals surface area contributed by atoms with Gasteiger partial charge in [0.2, 0.25) is 11.8 Å². The molecule has 1 aliphatic heterocycles. The fraction of sp³-hybridized carbons (Fsp3) is 0.364. The molecule has 2 aromatic carbocycles. The number of rotatable bonds is 7. The van der Waals surface area contributed by atoms with Crippen LogP contribution in [0.1, 0.15) is 23.4 Å². The highest BCUT2D eigenvalue weighted by atomic mass is 32.2. The van der Waals surface area contributed by atoms with Crippen LogP contribution in [0.2, 0.25) is 0 Å². The number of thioether (sulfide) groups is 1. The summed E-state index contributed by atoms with van der Waals surface area (Å²) in [6.45, 7) is 2.04. The number of hydrogen-bond donors (Lipinski definition) is 1. The normalized spacial score (nSPS) is 18.4. The van der Waals surface area contributed by atoms with Crippen LogP contribution < -0.4 is 14.8 Å². The molecule has 1 N–H and O–H groups in total. The van der Waals surface area contributed by atoms with Gasteiger partial charge in [0.15, 0.2) is 11.5 Å². The average molecular weight is 415 g/mol. The summed E-state index contributed by atoms with van der Waals surface area (Å²) in [5, 5.41) is 2.74. The Balaban J connectivity index is 1.69. The molecule has 2 atom stereocenters. The van der Waals surface area contributed by atoms with Gasteiger partial charge in [0, 0.05) is 19.2 Å². The zero-order valence-electron chi connectivity index (χ0n) is 16.9. The first-order chi connectivity index (χ1) is 14.0. The number of hydrogen-bond acceptors (Lipinski definition) is 5. The van der Waals surface area contributed by atoms with E-state index in [-0.39, 0.29) is 17.2 Å². The van der Waals surface area contributed by atoms with E-state index in [1.807, 2.05) is 48.5 Å². The van der Waals surface area contributed by atoms with Crippen LogP contribution in [0.15, 0.2) is 48.5 Å². The van der Waals surface area contributed by atoms with Crippen LogP contribution in [0, 0.1) is 0 Å². The third-order valence-electron chi connectivity index (χ3n) is 4.92. The van der Waals surface area contributed by atoms with Crippen molar-refractivity contribution in [3.63, 3.8) is 0 Å². The van der Waals surface area contributed by atoms with Gasteiger partial charge in [0.25, 0.3) is 0 Å². The molecule has 0 radical (unpaired) electrons. The van der Waals surface area contributed by atoms with Crippen molar-refractivity contribution >= 4 is 23.6 Å². The molecule has 2 amide bonds. The topological polar surface area (TPSA) is 67.9 Å². The molecule has 0 unspecified atom stereocenters. The maximum Gasteiger partial charge on any atom is 0.243 e. The highest BCUT2D eigenvalue weighted by molar-refractivity contribution is 7.99. The van der Waals surface area contributed by atoms with E-state index in [4.69, 9.17) is 9.47 Å². The van der Waals surface area contributed by atoms with Gasteiger partial charge in [-0.1, -0.05) is 36.4 Å². The van der Waals surface area contributed by atoms with E-state index >= 15 is 0 Å². The smallest absolute Gasteiger partial charge is 0.243 e. The maximum absolute atomic E-state index is 12.8. The Kier molecular flexibility index (Phi) is 7.04.